The van der Waals surface area contributed by atoms with Crippen LogP contribution in [0, 0.1) is 11.8 Å². The summed E-state index contributed by atoms with van der Waals surface area (Å²) in [7, 11) is 0. The molecule has 7 heteroatoms. The van der Waals surface area contributed by atoms with Gasteiger partial charge in [0.15, 0.2) is 0 Å². The number of amides is 2. The summed E-state index contributed by atoms with van der Waals surface area (Å²) >= 11 is 0. The van der Waals surface area contributed by atoms with Crippen molar-refractivity contribution in [2.24, 2.45) is 11.8 Å². The number of allylic oxidation sites excluding steroid dienone is 4. The molecule has 0 aromatic carbocycles. The second-order valence-corrected chi connectivity index (χ2v) is 6.92. The van der Waals surface area contributed by atoms with Gasteiger partial charge in [0.2, 0.25) is 0 Å². The Labute approximate surface area is 158 Å². The lowest BCUT2D eigenvalue weighted by Crippen LogP contribution is -2.31. The molecule has 1 unspecified atom stereocenters. The first-order valence-corrected chi connectivity index (χ1v) is 9.35. The molecule has 0 bridgehead atoms. The normalized spacial score (nSPS) is 24.2. The summed E-state index contributed by atoms with van der Waals surface area (Å²) < 4.78 is 0. The van der Waals surface area contributed by atoms with Crippen LogP contribution in [0.4, 0.5) is 0 Å². The third-order valence-electron chi connectivity index (χ3n) is 4.63. The molecule has 148 valence electrons. The van der Waals surface area contributed by atoms with Crippen molar-refractivity contribution >= 4 is 17.8 Å². The van der Waals surface area contributed by atoms with E-state index in [1.54, 1.807) is 13.0 Å². The molecule has 0 aromatic rings. The summed E-state index contributed by atoms with van der Waals surface area (Å²) in [5.41, 5.74) is 0. The predicted octanol–water partition coefficient (Wildman–Crippen LogP) is 2.73. The molecule has 2 N–H and O–H groups in total. The number of imide groups is 1. The van der Waals surface area contributed by atoms with E-state index in [1.807, 2.05) is 24.3 Å². The van der Waals surface area contributed by atoms with Gasteiger partial charge in [0.05, 0.1) is 11.9 Å². The fourth-order valence-corrected chi connectivity index (χ4v) is 3.13. The minimum atomic E-state index is -0.583. The van der Waals surface area contributed by atoms with Crippen molar-refractivity contribution in [1.29, 1.82) is 0 Å². The van der Waals surface area contributed by atoms with Crippen molar-refractivity contribution in [3.63, 3.8) is 0 Å². The van der Waals surface area contributed by atoms with Crippen molar-refractivity contribution in [2.75, 3.05) is 0 Å². The monoisotopic (exact) mass is 377 g/mol. The third-order valence-corrected chi connectivity index (χ3v) is 4.63. The average Bonchev–Trinajstić information content (AvgIpc) is 3.12. The molecule has 1 fully saturated rings. The topological polar surface area (TPSA) is 104 Å². The van der Waals surface area contributed by atoms with Gasteiger partial charge in [0.25, 0.3) is 11.8 Å². The quantitative estimate of drug-likeness (QED) is 0.364. The molecule has 7 nitrogen and oxygen atoms in total. The second kappa shape index (κ2) is 10.1. The average molecular weight is 377 g/mol. The van der Waals surface area contributed by atoms with E-state index in [1.165, 1.54) is 0 Å². The van der Waals surface area contributed by atoms with Crippen LogP contribution in [0.5, 0.6) is 0 Å². The van der Waals surface area contributed by atoms with E-state index >= 15 is 0 Å². The number of hydrogen-bond donors (Lipinski definition) is 2. The van der Waals surface area contributed by atoms with E-state index in [-0.39, 0.29) is 31.1 Å². The van der Waals surface area contributed by atoms with Crippen LogP contribution in [0.25, 0.3) is 0 Å². The van der Waals surface area contributed by atoms with E-state index in [4.69, 9.17) is 4.84 Å². The zero-order valence-electron chi connectivity index (χ0n) is 15.5. The molecular weight excluding hydrogens is 350 g/mol. The van der Waals surface area contributed by atoms with Crippen LogP contribution in [-0.2, 0) is 19.2 Å². The van der Waals surface area contributed by atoms with Gasteiger partial charge in [-0.15, -0.1) is 5.06 Å². The number of hydroxylamine groups is 2. The first-order valence-electron chi connectivity index (χ1n) is 9.35. The number of nitrogens with zero attached hydrogens (tertiary/aromatic N) is 1. The molecule has 1 aliphatic carbocycles. The lowest BCUT2D eigenvalue weighted by atomic mass is 9.90. The fourth-order valence-electron chi connectivity index (χ4n) is 3.13. The van der Waals surface area contributed by atoms with Gasteiger partial charge < -0.3 is 15.1 Å². The lowest BCUT2D eigenvalue weighted by molar-refractivity contribution is -0.197. The molecule has 3 atom stereocenters. The van der Waals surface area contributed by atoms with Gasteiger partial charge in [0, 0.05) is 25.2 Å². The Bertz CT molecular complexity index is 633. The molecular formula is C20H27NO6. The van der Waals surface area contributed by atoms with E-state index in [0.29, 0.717) is 23.7 Å². The summed E-state index contributed by atoms with van der Waals surface area (Å²) in [4.78, 5) is 39.2. The van der Waals surface area contributed by atoms with Gasteiger partial charge in [-0.25, -0.2) is 4.79 Å². The highest BCUT2D eigenvalue weighted by Crippen LogP contribution is 2.34. The largest absolute Gasteiger partial charge is 0.512 e. The summed E-state index contributed by atoms with van der Waals surface area (Å²) in [5, 5.41) is 19.8. The van der Waals surface area contributed by atoms with Crippen molar-refractivity contribution in [2.45, 2.75) is 58.0 Å². The Balaban J connectivity index is 1.65. The van der Waals surface area contributed by atoms with Crippen LogP contribution in [0.3, 0.4) is 0 Å². The van der Waals surface area contributed by atoms with Crippen molar-refractivity contribution in [1.82, 2.24) is 5.06 Å². The predicted molar refractivity (Wildman–Crippen MR) is 97.9 cm³/mol. The molecule has 2 amide bonds. The number of aliphatic hydroxyl groups excluding tert-OH is 2. The summed E-state index contributed by atoms with van der Waals surface area (Å²) in [6.45, 7) is 1.67. The fraction of sp³-hybridized carbons (Fsp3) is 0.550. The van der Waals surface area contributed by atoms with Crippen molar-refractivity contribution in [3.8, 4) is 0 Å². The van der Waals surface area contributed by atoms with Gasteiger partial charge in [-0.3, -0.25) is 9.59 Å². The van der Waals surface area contributed by atoms with Crippen molar-refractivity contribution in [3.05, 3.63) is 36.1 Å². The number of carbonyl (C=O) groups is 3. The van der Waals surface area contributed by atoms with E-state index in [9.17, 15) is 24.6 Å². The molecule has 27 heavy (non-hydrogen) atoms. The van der Waals surface area contributed by atoms with Gasteiger partial charge in [-0.2, -0.15) is 0 Å². The highest BCUT2D eigenvalue weighted by atomic mass is 16.7. The zero-order valence-corrected chi connectivity index (χ0v) is 15.5. The first kappa shape index (κ1) is 20.9. The second-order valence-electron chi connectivity index (χ2n) is 6.92. The maximum absolute atomic E-state index is 11.7. The van der Waals surface area contributed by atoms with Crippen LogP contribution in [0.1, 0.15) is 51.9 Å². The van der Waals surface area contributed by atoms with E-state index in [0.717, 1.165) is 12.8 Å². The SMILES string of the molecule is C[C@H](O)/C=C/C1C(O)=CC[C@@H]1C/C=C\CCCC(=O)ON1C(=O)CCC1=O. The van der Waals surface area contributed by atoms with Crippen LogP contribution >= 0.6 is 0 Å². The van der Waals surface area contributed by atoms with Crippen molar-refractivity contribution < 1.29 is 29.4 Å². The molecule has 0 radical (unpaired) electrons. The molecule has 1 saturated heterocycles. The minimum absolute atomic E-state index is 0.0743. The summed E-state index contributed by atoms with van der Waals surface area (Å²) in [5.74, 6) is -0.996. The standard InChI is InChI=1S/C20H27NO6/c1-14(22)8-10-16-15(9-11-17(16)23)6-4-2-3-5-7-20(26)27-21-18(24)12-13-19(21)25/h2,4,8,10-11,14-16,22-23H,3,5-7,9,12-13H2,1H3/b4-2-,10-8+/t14-,15-,16?/m0/s1. The van der Waals surface area contributed by atoms with E-state index < -0.39 is 23.9 Å². The Morgan fingerprint density at radius 3 is 2.70 bits per heavy atom. The van der Waals surface area contributed by atoms with Crippen LogP contribution < -0.4 is 0 Å². The maximum Gasteiger partial charge on any atom is 0.333 e. The molecule has 0 saturated carbocycles. The summed E-state index contributed by atoms with van der Waals surface area (Å²) in [6, 6.07) is 0. The Morgan fingerprint density at radius 2 is 2.04 bits per heavy atom. The highest BCUT2D eigenvalue weighted by molar-refractivity contribution is 6.01. The highest BCUT2D eigenvalue weighted by Gasteiger charge is 2.32. The Kier molecular flexibility index (Phi) is 7.79. The van der Waals surface area contributed by atoms with Crippen LogP contribution in [0.2, 0.25) is 0 Å². The minimum Gasteiger partial charge on any atom is -0.512 e. The smallest absolute Gasteiger partial charge is 0.333 e. The Morgan fingerprint density at radius 1 is 1.33 bits per heavy atom. The molecule has 1 aliphatic heterocycles. The van der Waals surface area contributed by atoms with E-state index in [2.05, 4.69) is 0 Å². The number of unbranched alkanes of at least 4 members (excludes halogenated alkanes) is 1. The zero-order chi connectivity index (χ0) is 19.8. The summed E-state index contributed by atoms with van der Waals surface area (Å²) in [6.07, 6.45) is 11.9. The number of hydrogen-bond acceptors (Lipinski definition) is 6. The number of aliphatic hydroxyl groups is 2. The molecule has 2 rings (SSSR count). The molecule has 0 spiro atoms. The van der Waals surface area contributed by atoms with Gasteiger partial charge >= 0.3 is 5.97 Å². The maximum atomic E-state index is 11.7. The number of rotatable bonds is 9. The van der Waals surface area contributed by atoms with Crippen LogP contribution in [0.15, 0.2) is 36.1 Å². The van der Waals surface area contributed by atoms with Crippen LogP contribution in [-0.4, -0.2) is 39.2 Å². The molecule has 0 aromatic heterocycles. The van der Waals surface area contributed by atoms with Gasteiger partial charge in [-0.05, 0) is 44.6 Å². The third kappa shape index (κ3) is 6.36. The lowest BCUT2D eigenvalue weighted by Gasteiger charge is -2.15. The first-order chi connectivity index (χ1) is 12.9. The van der Waals surface area contributed by atoms with Gasteiger partial charge in [0.1, 0.15) is 0 Å². The Hall–Kier alpha value is -2.41. The molecule has 2 aliphatic rings. The molecule has 1 heterocycles. The number of carbonyl (C=O) groups excluding carboxylic acids is 3. The van der Waals surface area contributed by atoms with Gasteiger partial charge in [-0.1, -0.05) is 24.3 Å².